The number of hydrogen-bond acceptors (Lipinski definition) is 1. The van der Waals surface area contributed by atoms with Crippen LogP contribution < -0.4 is 5.32 Å². The van der Waals surface area contributed by atoms with Crippen LogP contribution in [0.25, 0.3) is 0 Å². The van der Waals surface area contributed by atoms with Crippen LogP contribution in [0.1, 0.15) is 18.5 Å². The van der Waals surface area contributed by atoms with Crippen LogP contribution in [0.4, 0.5) is 9.18 Å². The summed E-state index contributed by atoms with van der Waals surface area (Å²) in [6.07, 6.45) is -1.16. The Hall–Kier alpha value is -0.850. The molecule has 0 heterocycles. The molecule has 1 unspecified atom stereocenters. The van der Waals surface area contributed by atoms with E-state index in [1.807, 2.05) is 22.6 Å². The van der Waals surface area contributed by atoms with E-state index < -0.39 is 12.1 Å². The minimum absolute atomic E-state index is 0.360. The van der Waals surface area contributed by atoms with Crippen LogP contribution in [0, 0.1) is 9.39 Å². The van der Waals surface area contributed by atoms with Gasteiger partial charge in [-0.2, -0.15) is 0 Å². The van der Waals surface area contributed by atoms with E-state index in [4.69, 9.17) is 5.11 Å². The first kappa shape index (κ1) is 11.2. The van der Waals surface area contributed by atoms with E-state index in [1.54, 1.807) is 25.1 Å². The molecule has 0 aliphatic carbocycles. The normalized spacial score (nSPS) is 12.2. The lowest BCUT2D eigenvalue weighted by molar-refractivity contribution is 0.190. The number of carbonyl (C=O) groups is 1. The van der Waals surface area contributed by atoms with Gasteiger partial charge in [0.25, 0.3) is 0 Å². The molecule has 0 aliphatic rings. The zero-order valence-electron chi connectivity index (χ0n) is 7.42. The highest BCUT2D eigenvalue weighted by molar-refractivity contribution is 14.1. The molecule has 0 aliphatic heterocycles. The van der Waals surface area contributed by atoms with Gasteiger partial charge in [0.2, 0.25) is 0 Å². The monoisotopic (exact) mass is 309 g/mol. The molecule has 14 heavy (non-hydrogen) atoms. The van der Waals surface area contributed by atoms with E-state index in [9.17, 15) is 9.18 Å². The van der Waals surface area contributed by atoms with Crippen LogP contribution in [0.15, 0.2) is 18.2 Å². The third kappa shape index (κ3) is 2.57. The Morgan fingerprint density at radius 1 is 1.64 bits per heavy atom. The van der Waals surface area contributed by atoms with Gasteiger partial charge in [0.15, 0.2) is 0 Å². The van der Waals surface area contributed by atoms with E-state index in [2.05, 4.69) is 5.32 Å². The predicted octanol–water partition coefficient (Wildman–Crippen LogP) is 2.76. The lowest BCUT2D eigenvalue weighted by atomic mass is 10.1. The fourth-order valence-corrected chi connectivity index (χ4v) is 1.64. The molecule has 0 spiro atoms. The predicted molar refractivity (Wildman–Crippen MR) is 58.7 cm³/mol. The average Bonchev–Trinajstić information content (AvgIpc) is 2.08. The van der Waals surface area contributed by atoms with Crippen molar-refractivity contribution >= 4 is 28.7 Å². The summed E-state index contributed by atoms with van der Waals surface area (Å²) < 4.78 is 13.9. The van der Waals surface area contributed by atoms with Crippen molar-refractivity contribution in [3.63, 3.8) is 0 Å². The molecule has 0 saturated carbocycles. The Balaban J connectivity index is 2.95. The van der Waals surface area contributed by atoms with Crippen molar-refractivity contribution in [2.24, 2.45) is 0 Å². The third-order valence-electron chi connectivity index (χ3n) is 1.79. The van der Waals surface area contributed by atoms with Crippen molar-refractivity contribution in [2.75, 3.05) is 0 Å². The number of hydrogen-bond donors (Lipinski definition) is 2. The van der Waals surface area contributed by atoms with Crippen LogP contribution in [-0.4, -0.2) is 11.2 Å². The quantitative estimate of drug-likeness (QED) is 0.825. The smallest absolute Gasteiger partial charge is 0.405 e. The molecule has 0 bridgehead atoms. The fraction of sp³-hybridized carbons (Fsp3) is 0.222. The molecule has 1 rings (SSSR count). The number of carboxylic acid groups (broad SMARTS) is 1. The highest BCUT2D eigenvalue weighted by Crippen LogP contribution is 2.20. The maximum atomic E-state index is 13.5. The highest BCUT2D eigenvalue weighted by atomic mass is 127. The van der Waals surface area contributed by atoms with Gasteiger partial charge in [-0.05, 0) is 35.6 Å². The molecule has 2 N–H and O–H groups in total. The maximum Gasteiger partial charge on any atom is 0.405 e. The molecule has 1 amide bonds. The van der Waals surface area contributed by atoms with Crippen molar-refractivity contribution in [3.8, 4) is 0 Å². The summed E-state index contributed by atoms with van der Waals surface area (Å²) in [6, 6.07) is 4.35. The van der Waals surface area contributed by atoms with Gasteiger partial charge in [-0.15, -0.1) is 0 Å². The lowest BCUT2D eigenvalue weighted by Gasteiger charge is -2.13. The molecule has 0 saturated heterocycles. The van der Waals surface area contributed by atoms with E-state index in [-0.39, 0.29) is 5.82 Å². The number of rotatable bonds is 2. The summed E-state index contributed by atoms with van der Waals surface area (Å²) in [4.78, 5) is 10.3. The molecule has 76 valence electrons. The SMILES string of the molecule is CC(NC(=O)O)c1cccc(I)c1F. The number of benzene rings is 1. The van der Waals surface area contributed by atoms with Gasteiger partial charge in [0, 0.05) is 9.13 Å². The van der Waals surface area contributed by atoms with Gasteiger partial charge < -0.3 is 10.4 Å². The second kappa shape index (κ2) is 4.59. The highest BCUT2D eigenvalue weighted by Gasteiger charge is 2.14. The summed E-state index contributed by atoms with van der Waals surface area (Å²) in [5, 5.41) is 10.7. The Kier molecular flexibility index (Phi) is 3.68. The van der Waals surface area contributed by atoms with E-state index >= 15 is 0 Å². The first-order chi connectivity index (χ1) is 6.52. The molecule has 1 aromatic rings. The Morgan fingerprint density at radius 2 is 2.29 bits per heavy atom. The van der Waals surface area contributed by atoms with Crippen molar-refractivity contribution in [3.05, 3.63) is 33.1 Å². The maximum absolute atomic E-state index is 13.5. The van der Waals surface area contributed by atoms with Gasteiger partial charge >= 0.3 is 6.09 Å². The minimum Gasteiger partial charge on any atom is -0.465 e. The lowest BCUT2D eigenvalue weighted by Crippen LogP contribution is -2.25. The van der Waals surface area contributed by atoms with Crippen LogP contribution in [0.2, 0.25) is 0 Å². The second-order valence-electron chi connectivity index (χ2n) is 2.81. The average molecular weight is 309 g/mol. The molecule has 1 aromatic carbocycles. The molecule has 0 radical (unpaired) electrons. The fourth-order valence-electron chi connectivity index (χ4n) is 1.12. The van der Waals surface area contributed by atoms with Gasteiger partial charge in [0.05, 0.1) is 6.04 Å². The van der Waals surface area contributed by atoms with Crippen molar-refractivity contribution < 1.29 is 14.3 Å². The van der Waals surface area contributed by atoms with Crippen LogP contribution in [0.3, 0.4) is 0 Å². The molecule has 3 nitrogen and oxygen atoms in total. The molecular weight excluding hydrogens is 300 g/mol. The van der Waals surface area contributed by atoms with Gasteiger partial charge in [-0.25, -0.2) is 9.18 Å². The number of nitrogens with one attached hydrogen (secondary N) is 1. The standard InChI is InChI=1S/C9H9FINO2/c1-5(12-9(13)14)6-3-2-4-7(11)8(6)10/h2-5,12H,1H3,(H,13,14). The van der Waals surface area contributed by atoms with Crippen LogP contribution >= 0.6 is 22.6 Å². The largest absolute Gasteiger partial charge is 0.465 e. The molecular formula is C9H9FINO2. The third-order valence-corrected chi connectivity index (χ3v) is 2.62. The van der Waals surface area contributed by atoms with E-state index in [0.29, 0.717) is 9.13 Å². The number of amides is 1. The first-order valence-corrected chi connectivity index (χ1v) is 5.03. The topological polar surface area (TPSA) is 49.3 Å². The Morgan fingerprint density at radius 3 is 2.86 bits per heavy atom. The van der Waals surface area contributed by atoms with Crippen molar-refractivity contribution in [1.82, 2.24) is 5.32 Å². The zero-order chi connectivity index (χ0) is 10.7. The molecule has 0 fully saturated rings. The van der Waals surface area contributed by atoms with Crippen LogP contribution in [0.5, 0.6) is 0 Å². The van der Waals surface area contributed by atoms with Crippen molar-refractivity contribution in [1.29, 1.82) is 0 Å². The molecule has 5 heteroatoms. The van der Waals surface area contributed by atoms with Gasteiger partial charge in [-0.1, -0.05) is 12.1 Å². The summed E-state index contributed by atoms with van der Waals surface area (Å²) in [7, 11) is 0. The van der Waals surface area contributed by atoms with Gasteiger partial charge in [-0.3, -0.25) is 0 Å². The van der Waals surface area contributed by atoms with E-state index in [0.717, 1.165) is 0 Å². The van der Waals surface area contributed by atoms with Crippen molar-refractivity contribution in [2.45, 2.75) is 13.0 Å². The Bertz CT molecular complexity index is 357. The zero-order valence-corrected chi connectivity index (χ0v) is 9.58. The second-order valence-corrected chi connectivity index (χ2v) is 3.98. The van der Waals surface area contributed by atoms with E-state index in [1.165, 1.54) is 0 Å². The number of halogens is 2. The first-order valence-electron chi connectivity index (χ1n) is 3.95. The minimum atomic E-state index is -1.16. The summed E-state index contributed by atoms with van der Waals surface area (Å²) in [6.45, 7) is 1.60. The summed E-state index contributed by atoms with van der Waals surface area (Å²) in [5.41, 5.74) is 0.360. The summed E-state index contributed by atoms with van der Waals surface area (Å²) >= 11 is 1.87. The van der Waals surface area contributed by atoms with Gasteiger partial charge in [0.1, 0.15) is 5.82 Å². The van der Waals surface area contributed by atoms with Crippen LogP contribution in [-0.2, 0) is 0 Å². The molecule has 0 aromatic heterocycles. The summed E-state index contributed by atoms with van der Waals surface area (Å²) in [5.74, 6) is -0.366. The molecule has 1 atom stereocenters. The Labute approximate surface area is 94.5 Å².